The van der Waals surface area contributed by atoms with E-state index in [0.29, 0.717) is 27.9 Å². The van der Waals surface area contributed by atoms with E-state index in [1.807, 2.05) is 31.2 Å². The first-order chi connectivity index (χ1) is 15.9. The van der Waals surface area contributed by atoms with Crippen LogP contribution in [-0.4, -0.2) is 24.0 Å². The zero-order chi connectivity index (χ0) is 23.5. The fourth-order valence-corrected chi connectivity index (χ4v) is 3.80. The summed E-state index contributed by atoms with van der Waals surface area (Å²) in [5.74, 6) is -0.804. The number of nitrogens with one attached hydrogen (secondary N) is 1. The van der Waals surface area contributed by atoms with Gasteiger partial charge >= 0.3 is 11.6 Å². The van der Waals surface area contributed by atoms with Crippen molar-refractivity contribution in [2.75, 3.05) is 12.4 Å². The van der Waals surface area contributed by atoms with E-state index in [-0.39, 0.29) is 24.7 Å². The number of rotatable bonds is 6. The number of fused-ring (bicyclic) bond motifs is 2. The van der Waals surface area contributed by atoms with Crippen LogP contribution in [0.15, 0.2) is 57.7 Å². The van der Waals surface area contributed by atoms with Gasteiger partial charge in [0.05, 0.1) is 23.4 Å². The van der Waals surface area contributed by atoms with Crippen LogP contribution in [0, 0.1) is 6.92 Å². The van der Waals surface area contributed by atoms with Gasteiger partial charge < -0.3 is 19.2 Å². The number of hydrogen-bond donors (Lipinski definition) is 1. The normalized spacial score (nSPS) is 11.0. The Bertz CT molecular complexity index is 1440. The Hall–Kier alpha value is -4.04. The number of methoxy groups -OCH3 is 1. The molecule has 1 N–H and O–H groups in total. The van der Waals surface area contributed by atoms with Gasteiger partial charge in [-0.05, 0) is 30.7 Å². The summed E-state index contributed by atoms with van der Waals surface area (Å²) < 4.78 is 16.1. The lowest BCUT2D eigenvalue weighted by Crippen LogP contribution is -2.14. The van der Waals surface area contributed by atoms with Crippen LogP contribution in [0.25, 0.3) is 21.9 Å². The Kier molecular flexibility index (Phi) is 6.19. The van der Waals surface area contributed by atoms with Crippen molar-refractivity contribution in [3.63, 3.8) is 0 Å². The predicted molar refractivity (Wildman–Crippen MR) is 123 cm³/mol. The average molecular weight is 446 g/mol. The van der Waals surface area contributed by atoms with Crippen LogP contribution >= 0.6 is 0 Å². The van der Waals surface area contributed by atoms with Gasteiger partial charge in [-0.2, -0.15) is 0 Å². The second-order valence-electron chi connectivity index (χ2n) is 7.57. The molecule has 8 nitrogen and oxygen atoms in total. The highest BCUT2D eigenvalue weighted by molar-refractivity contribution is 5.98. The Labute approximate surface area is 189 Å². The van der Waals surface area contributed by atoms with Gasteiger partial charge in [0.25, 0.3) is 0 Å². The SMILES string of the molecule is COCc1nc2ccccc2c(C)c1C(=O)OCc1cc(=O)oc2cc(NC(C)=O)ccc12. The first-order valence-electron chi connectivity index (χ1n) is 10.3. The smallest absolute Gasteiger partial charge is 0.340 e. The summed E-state index contributed by atoms with van der Waals surface area (Å²) in [6.45, 7) is 3.24. The van der Waals surface area contributed by atoms with Crippen LogP contribution in [0.4, 0.5) is 5.69 Å². The number of carbonyl (C=O) groups excluding carboxylic acids is 2. The number of aryl methyl sites for hydroxylation is 1. The number of aromatic nitrogens is 1. The third kappa shape index (κ3) is 4.61. The fourth-order valence-electron chi connectivity index (χ4n) is 3.80. The van der Waals surface area contributed by atoms with E-state index in [1.165, 1.54) is 20.1 Å². The van der Waals surface area contributed by atoms with Crippen molar-refractivity contribution in [3.8, 4) is 0 Å². The lowest BCUT2D eigenvalue weighted by molar-refractivity contribution is -0.114. The van der Waals surface area contributed by atoms with Gasteiger partial charge in [-0.25, -0.2) is 14.6 Å². The van der Waals surface area contributed by atoms with Crippen LogP contribution in [0.5, 0.6) is 0 Å². The first-order valence-corrected chi connectivity index (χ1v) is 10.3. The molecule has 0 spiro atoms. The molecule has 0 saturated heterocycles. The molecule has 168 valence electrons. The van der Waals surface area contributed by atoms with Crippen LogP contribution in [0.3, 0.4) is 0 Å². The molecule has 2 aromatic heterocycles. The number of para-hydroxylation sites is 1. The minimum Gasteiger partial charge on any atom is -0.457 e. The van der Waals surface area contributed by atoms with E-state index in [1.54, 1.807) is 18.2 Å². The summed E-state index contributed by atoms with van der Waals surface area (Å²) in [5.41, 5.74) is 3.01. The van der Waals surface area contributed by atoms with E-state index < -0.39 is 11.6 Å². The Morgan fingerprint density at radius 2 is 1.85 bits per heavy atom. The molecule has 2 heterocycles. The molecule has 0 aliphatic carbocycles. The van der Waals surface area contributed by atoms with Gasteiger partial charge in [0.15, 0.2) is 0 Å². The van der Waals surface area contributed by atoms with Crippen molar-refractivity contribution in [1.29, 1.82) is 0 Å². The van der Waals surface area contributed by atoms with Crippen LogP contribution in [-0.2, 0) is 27.5 Å². The number of anilines is 1. The zero-order valence-corrected chi connectivity index (χ0v) is 18.4. The van der Waals surface area contributed by atoms with Gasteiger partial charge in [0, 0.05) is 48.2 Å². The molecule has 2 aromatic carbocycles. The Morgan fingerprint density at radius 1 is 1.06 bits per heavy atom. The van der Waals surface area contributed by atoms with E-state index in [9.17, 15) is 14.4 Å². The van der Waals surface area contributed by atoms with Gasteiger partial charge in [-0.3, -0.25) is 4.79 Å². The largest absolute Gasteiger partial charge is 0.457 e. The number of hydrogen-bond acceptors (Lipinski definition) is 7. The number of esters is 1. The second kappa shape index (κ2) is 9.22. The quantitative estimate of drug-likeness (QED) is 0.351. The highest BCUT2D eigenvalue weighted by Crippen LogP contribution is 2.26. The number of nitrogens with zero attached hydrogens (tertiary/aromatic N) is 1. The lowest BCUT2D eigenvalue weighted by Gasteiger charge is -2.14. The third-order valence-corrected chi connectivity index (χ3v) is 5.22. The summed E-state index contributed by atoms with van der Waals surface area (Å²) >= 11 is 0. The van der Waals surface area contributed by atoms with Crippen molar-refractivity contribution in [2.24, 2.45) is 0 Å². The molecule has 4 rings (SSSR count). The summed E-state index contributed by atoms with van der Waals surface area (Å²) in [5, 5.41) is 4.09. The van der Waals surface area contributed by atoms with Crippen molar-refractivity contribution in [2.45, 2.75) is 27.1 Å². The van der Waals surface area contributed by atoms with Crippen LogP contribution in [0.1, 0.15) is 34.1 Å². The van der Waals surface area contributed by atoms with Crippen molar-refractivity contribution < 1.29 is 23.5 Å². The molecule has 0 radical (unpaired) electrons. The van der Waals surface area contributed by atoms with E-state index in [4.69, 9.17) is 13.9 Å². The second-order valence-corrected chi connectivity index (χ2v) is 7.57. The van der Waals surface area contributed by atoms with Crippen LogP contribution < -0.4 is 10.9 Å². The summed E-state index contributed by atoms with van der Waals surface area (Å²) in [4.78, 5) is 41.1. The van der Waals surface area contributed by atoms with E-state index >= 15 is 0 Å². The number of benzene rings is 2. The van der Waals surface area contributed by atoms with Gasteiger partial charge in [0.2, 0.25) is 5.91 Å². The zero-order valence-electron chi connectivity index (χ0n) is 18.4. The molecule has 1 amide bonds. The molecule has 0 aliphatic heterocycles. The molecular formula is C25H22N2O6. The molecule has 8 heteroatoms. The minimum absolute atomic E-state index is 0.140. The average Bonchev–Trinajstić information content (AvgIpc) is 2.77. The van der Waals surface area contributed by atoms with Crippen molar-refractivity contribution in [3.05, 3.63) is 81.3 Å². The molecule has 33 heavy (non-hydrogen) atoms. The number of ether oxygens (including phenoxy) is 2. The molecule has 0 saturated carbocycles. The van der Waals surface area contributed by atoms with E-state index in [0.717, 1.165) is 16.5 Å². The molecule has 0 unspecified atom stereocenters. The summed E-state index contributed by atoms with van der Waals surface area (Å²) in [6.07, 6.45) is 0. The maximum Gasteiger partial charge on any atom is 0.340 e. The Morgan fingerprint density at radius 3 is 2.61 bits per heavy atom. The predicted octanol–water partition coefficient (Wildman–Crippen LogP) is 4.11. The number of carbonyl (C=O) groups is 2. The summed E-state index contributed by atoms with van der Waals surface area (Å²) in [7, 11) is 1.53. The molecule has 0 aliphatic rings. The fraction of sp³-hybridized carbons (Fsp3) is 0.200. The maximum atomic E-state index is 13.1. The van der Waals surface area contributed by atoms with Gasteiger partial charge in [-0.15, -0.1) is 0 Å². The monoisotopic (exact) mass is 446 g/mol. The Balaban J connectivity index is 1.67. The maximum absolute atomic E-state index is 13.1. The minimum atomic E-state index is -0.586. The number of pyridine rings is 1. The first kappa shape index (κ1) is 22.2. The summed E-state index contributed by atoms with van der Waals surface area (Å²) in [6, 6.07) is 13.8. The van der Waals surface area contributed by atoms with Gasteiger partial charge in [0.1, 0.15) is 12.2 Å². The standard InChI is InChI=1S/C25H22N2O6/c1-14-18-6-4-5-7-20(18)27-21(13-31-3)24(14)25(30)32-12-16-10-23(29)33-22-11-17(26-15(2)28)8-9-19(16)22/h4-11H,12-13H2,1-3H3,(H,26,28). The molecular weight excluding hydrogens is 424 g/mol. The number of amides is 1. The highest BCUT2D eigenvalue weighted by atomic mass is 16.5. The highest BCUT2D eigenvalue weighted by Gasteiger charge is 2.21. The van der Waals surface area contributed by atoms with Crippen LogP contribution in [0.2, 0.25) is 0 Å². The molecule has 4 aromatic rings. The molecule has 0 bridgehead atoms. The van der Waals surface area contributed by atoms with Crippen molar-refractivity contribution in [1.82, 2.24) is 4.98 Å². The van der Waals surface area contributed by atoms with E-state index in [2.05, 4.69) is 10.3 Å². The molecule has 0 fully saturated rings. The van der Waals surface area contributed by atoms with Crippen molar-refractivity contribution >= 4 is 39.4 Å². The molecule has 0 atom stereocenters. The third-order valence-electron chi connectivity index (χ3n) is 5.22. The topological polar surface area (TPSA) is 108 Å². The lowest BCUT2D eigenvalue weighted by atomic mass is 10.0. The van der Waals surface area contributed by atoms with Gasteiger partial charge in [-0.1, -0.05) is 18.2 Å².